The molecule has 0 aliphatic carbocycles. The molecule has 3 rings (SSSR count). The Morgan fingerprint density at radius 2 is 1.80 bits per heavy atom. The fourth-order valence-electron chi connectivity index (χ4n) is 2.29. The standard InChI is InChI=1S/C15H18N2OS2/c1-12-14(18)11-15(19-12)20-17-9-7-16(8-10-17)13-5-3-2-4-6-13/h2-6,11,18H,7-10H2,1H3. The number of benzene rings is 1. The number of aromatic hydroxyl groups is 1. The van der Waals surface area contributed by atoms with E-state index in [2.05, 4.69) is 39.5 Å². The van der Waals surface area contributed by atoms with Gasteiger partial charge in [0.05, 0.1) is 4.21 Å². The van der Waals surface area contributed by atoms with E-state index in [9.17, 15) is 5.11 Å². The Morgan fingerprint density at radius 3 is 2.40 bits per heavy atom. The third-order valence-electron chi connectivity index (χ3n) is 3.45. The van der Waals surface area contributed by atoms with Gasteiger partial charge < -0.3 is 10.0 Å². The lowest BCUT2D eigenvalue weighted by Crippen LogP contribution is -2.43. The molecule has 3 nitrogen and oxygen atoms in total. The number of rotatable bonds is 3. The van der Waals surface area contributed by atoms with Crippen molar-refractivity contribution in [1.29, 1.82) is 0 Å². The molecule has 1 fully saturated rings. The van der Waals surface area contributed by atoms with Gasteiger partial charge in [0.15, 0.2) is 0 Å². The summed E-state index contributed by atoms with van der Waals surface area (Å²) in [5, 5.41) is 9.63. The quantitative estimate of drug-likeness (QED) is 0.877. The normalized spacial score (nSPS) is 16.6. The Morgan fingerprint density at radius 1 is 1.10 bits per heavy atom. The minimum atomic E-state index is 0.417. The van der Waals surface area contributed by atoms with Crippen LogP contribution in [0.5, 0.6) is 5.75 Å². The number of nitrogens with zero attached hydrogens (tertiary/aromatic N) is 2. The lowest BCUT2D eigenvalue weighted by molar-refractivity contribution is 0.430. The summed E-state index contributed by atoms with van der Waals surface area (Å²) in [5.41, 5.74) is 1.31. The highest BCUT2D eigenvalue weighted by Crippen LogP contribution is 2.36. The smallest absolute Gasteiger partial charge is 0.130 e. The summed E-state index contributed by atoms with van der Waals surface area (Å²) in [6, 6.07) is 12.4. The molecule has 5 heteroatoms. The van der Waals surface area contributed by atoms with Crippen LogP contribution < -0.4 is 4.90 Å². The van der Waals surface area contributed by atoms with E-state index in [0.717, 1.165) is 31.1 Å². The first kappa shape index (κ1) is 13.8. The molecular weight excluding hydrogens is 288 g/mol. The molecule has 2 aromatic rings. The van der Waals surface area contributed by atoms with Gasteiger partial charge in [0.2, 0.25) is 0 Å². The highest BCUT2D eigenvalue weighted by Gasteiger charge is 2.19. The maximum Gasteiger partial charge on any atom is 0.130 e. The summed E-state index contributed by atoms with van der Waals surface area (Å²) in [6.45, 7) is 6.13. The van der Waals surface area contributed by atoms with Crippen molar-refractivity contribution in [2.24, 2.45) is 0 Å². The van der Waals surface area contributed by atoms with E-state index in [1.807, 2.05) is 13.0 Å². The molecule has 0 spiro atoms. The van der Waals surface area contributed by atoms with Gasteiger partial charge >= 0.3 is 0 Å². The van der Waals surface area contributed by atoms with Gasteiger partial charge in [-0.3, -0.25) is 0 Å². The van der Waals surface area contributed by atoms with Crippen LogP contribution in [0.2, 0.25) is 0 Å². The molecule has 1 aliphatic rings. The molecule has 2 heterocycles. The average molecular weight is 306 g/mol. The molecule has 1 aliphatic heterocycles. The Labute approximate surface area is 128 Å². The summed E-state index contributed by atoms with van der Waals surface area (Å²) in [5.74, 6) is 0.417. The van der Waals surface area contributed by atoms with Crippen LogP contribution >= 0.6 is 23.3 Å². The number of hydrogen-bond donors (Lipinski definition) is 1. The highest BCUT2D eigenvalue weighted by molar-refractivity contribution is 7.99. The molecule has 1 aromatic carbocycles. The summed E-state index contributed by atoms with van der Waals surface area (Å²) in [6.07, 6.45) is 0. The molecule has 0 bridgehead atoms. The lowest BCUT2D eigenvalue weighted by Gasteiger charge is -2.35. The van der Waals surface area contributed by atoms with E-state index in [1.165, 1.54) is 9.90 Å². The van der Waals surface area contributed by atoms with Crippen molar-refractivity contribution < 1.29 is 5.11 Å². The Bertz CT molecular complexity index is 543. The molecule has 0 atom stereocenters. The number of anilines is 1. The van der Waals surface area contributed by atoms with Crippen molar-refractivity contribution in [3.63, 3.8) is 0 Å². The van der Waals surface area contributed by atoms with E-state index >= 15 is 0 Å². The number of piperazine rings is 1. The maximum atomic E-state index is 9.63. The van der Waals surface area contributed by atoms with Gasteiger partial charge in [-0.2, -0.15) is 0 Å². The van der Waals surface area contributed by atoms with E-state index in [4.69, 9.17) is 0 Å². The van der Waals surface area contributed by atoms with Gasteiger partial charge in [0.1, 0.15) is 5.75 Å². The minimum Gasteiger partial charge on any atom is -0.507 e. The Balaban J connectivity index is 1.56. The third kappa shape index (κ3) is 3.11. The Hall–Kier alpha value is -1.17. The number of para-hydroxylation sites is 1. The highest BCUT2D eigenvalue weighted by atomic mass is 32.2. The first-order valence-corrected chi connectivity index (χ1v) is 8.33. The molecule has 0 amide bonds. The predicted molar refractivity (Wildman–Crippen MR) is 86.8 cm³/mol. The van der Waals surface area contributed by atoms with Gasteiger partial charge in [0, 0.05) is 42.8 Å². The van der Waals surface area contributed by atoms with Crippen LogP contribution in [-0.4, -0.2) is 35.6 Å². The zero-order chi connectivity index (χ0) is 13.9. The second-order valence-electron chi connectivity index (χ2n) is 4.85. The van der Waals surface area contributed by atoms with Gasteiger partial charge in [-0.05, 0) is 31.0 Å². The molecule has 1 N–H and O–H groups in total. The summed E-state index contributed by atoms with van der Waals surface area (Å²) in [4.78, 5) is 3.42. The fraction of sp³-hybridized carbons (Fsp3) is 0.333. The summed E-state index contributed by atoms with van der Waals surface area (Å²) in [7, 11) is 0. The molecule has 106 valence electrons. The largest absolute Gasteiger partial charge is 0.507 e. The minimum absolute atomic E-state index is 0.417. The zero-order valence-corrected chi connectivity index (χ0v) is 13.1. The monoisotopic (exact) mass is 306 g/mol. The molecule has 0 radical (unpaired) electrons. The number of aryl methyl sites for hydroxylation is 1. The van der Waals surface area contributed by atoms with Crippen molar-refractivity contribution in [1.82, 2.24) is 4.31 Å². The average Bonchev–Trinajstić information content (AvgIpc) is 2.79. The molecule has 1 aromatic heterocycles. The first-order valence-electron chi connectivity index (χ1n) is 6.75. The first-order chi connectivity index (χ1) is 9.72. The zero-order valence-electron chi connectivity index (χ0n) is 11.5. The van der Waals surface area contributed by atoms with Gasteiger partial charge in [-0.15, -0.1) is 11.3 Å². The topological polar surface area (TPSA) is 26.7 Å². The van der Waals surface area contributed by atoms with Crippen LogP contribution in [0.25, 0.3) is 0 Å². The Kier molecular flexibility index (Phi) is 4.19. The van der Waals surface area contributed by atoms with Gasteiger partial charge in [-0.25, -0.2) is 4.31 Å². The van der Waals surface area contributed by atoms with Crippen molar-refractivity contribution in [2.75, 3.05) is 31.1 Å². The SMILES string of the molecule is Cc1sc(SN2CCN(c3ccccc3)CC2)cc1O. The predicted octanol–water partition coefficient (Wildman–Crippen LogP) is 3.59. The van der Waals surface area contributed by atoms with Crippen molar-refractivity contribution in [2.45, 2.75) is 11.1 Å². The van der Waals surface area contributed by atoms with Crippen LogP contribution in [0.1, 0.15) is 4.88 Å². The fourth-order valence-corrected chi connectivity index (χ4v) is 4.54. The molecule has 20 heavy (non-hydrogen) atoms. The van der Waals surface area contributed by atoms with Crippen LogP contribution in [0.3, 0.4) is 0 Å². The summed E-state index contributed by atoms with van der Waals surface area (Å²) < 4.78 is 3.55. The number of thiophene rings is 1. The van der Waals surface area contributed by atoms with Crippen LogP contribution in [0, 0.1) is 6.92 Å². The van der Waals surface area contributed by atoms with Gasteiger partial charge in [0.25, 0.3) is 0 Å². The summed E-state index contributed by atoms with van der Waals surface area (Å²) >= 11 is 3.42. The van der Waals surface area contributed by atoms with E-state index in [-0.39, 0.29) is 0 Å². The molecule has 0 unspecified atom stereocenters. The van der Waals surface area contributed by atoms with Crippen LogP contribution in [-0.2, 0) is 0 Å². The second kappa shape index (κ2) is 6.08. The van der Waals surface area contributed by atoms with E-state index < -0.39 is 0 Å². The molecule has 1 saturated heterocycles. The molecular formula is C15H18N2OS2. The number of hydrogen-bond acceptors (Lipinski definition) is 5. The van der Waals surface area contributed by atoms with Crippen molar-refractivity contribution in [3.8, 4) is 5.75 Å². The second-order valence-corrected chi connectivity index (χ2v) is 7.50. The lowest BCUT2D eigenvalue weighted by atomic mass is 10.2. The van der Waals surface area contributed by atoms with Gasteiger partial charge in [-0.1, -0.05) is 18.2 Å². The van der Waals surface area contributed by atoms with E-state index in [1.54, 1.807) is 23.3 Å². The van der Waals surface area contributed by atoms with Crippen molar-refractivity contribution >= 4 is 29.0 Å². The molecule has 0 saturated carbocycles. The van der Waals surface area contributed by atoms with E-state index in [0.29, 0.717) is 5.75 Å². The van der Waals surface area contributed by atoms with Crippen LogP contribution in [0.4, 0.5) is 5.69 Å². The van der Waals surface area contributed by atoms with Crippen LogP contribution in [0.15, 0.2) is 40.6 Å². The van der Waals surface area contributed by atoms with Crippen molar-refractivity contribution in [3.05, 3.63) is 41.3 Å². The third-order valence-corrected chi connectivity index (χ3v) is 5.68. The maximum absolute atomic E-state index is 9.63.